The number of rotatable bonds is 1. The first-order valence-electron chi connectivity index (χ1n) is 3.93. The molecule has 1 aliphatic carbocycles. The fourth-order valence-electron chi connectivity index (χ4n) is 1.48. The van der Waals surface area contributed by atoms with Gasteiger partial charge in [-0.2, -0.15) is 0 Å². The summed E-state index contributed by atoms with van der Waals surface area (Å²) in [5, 5.41) is 46.1. The van der Waals surface area contributed by atoms with E-state index in [4.69, 9.17) is 5.11 Å². The van der Waals surface area contributed by atoms with Gasteiger partial charge < -0.3 is 30.3 Å². The molecule has 6 nitrogen and oxygen atoms in total. The van der Waals surface area contributed by atoms with Gasteiger partial charge in [0.1, 0.15) is 36.6 Å². The smallest absolute Gasteiger partial charge is 0.114 e. The van der Waals surface area contributed by atoms with E-state index in [1.54, 1.807) is 0 Å². The van der Waals surface area contributed by atoms with Crippen molar-refractivity contribution in [1.82, 2.24) is 0 Å². The largest absolute Gasteiger partial charge is 0.387 e. The highest BCUT2D eigenvalue weighted by atomic mass is 16.5. The lowest BCUT2D eigenvalue weighted by atomic mass is 9.85. The van der Waals surface area contributed by atoms with Crippen LogP contribution in [-0.4, -0.2) is 69.3 Å². The van der Waals surface area contributed by atoms with Crippen LogP contribution in [0.15, 0.2) is 0 Å². The molecule has 1 aliphatic rings. The average Bonchev–Trinajstić information content (AvgIpc) is 2.13. The molecule has 0 saturated heterocycles. The number of ether oxygens (including phenoxy) is 1. The molecule has 0 aromatic heterocycles. The Bertz CT molecular complexity index is 158. The minimum Gasteiger partial charge on any atom is -0.387 e. The summed E-state index contributed by atoms with van der Waals surface area (Å²) in [5.41, 5.74) is 0. The van der Waals surface area contributed by atoms with Gasteiger partial charge in [-0.05, 0) is 0 Å². The summed E-state index contributed by atoms with van der Waals surface area (Å²) in [7, 11) is 1.23. The molecule has 4 atom stereocenters. The molecule has 0 amide bonds. The third-order valence-electron chi connectivity index (χ3n) is 2.35. The highest BCUT2D eigenvalue weighted by molar-refractivity contribution is 4.99. The van der Waals surface area contributed by atoms with Crippen molar-refractivity contribution >= 4 is 0 Å². The Kier molecular flexibility index (Phi) is 3.23. The molecule has 1 saturated carbocycles. The molecule has 78 valence electrons. The summed E-state index contributed by atoms with van der Waals surface area (Å²) in [6.07, 6.45) is -8.48. The molecule has 0 unspecified atom stereocenters. The van der Waals surface area contributed by atoms with Gasteiger partial charge in [0.2, 0.25) is 0 Å². The van der Waals surface area contributed by atoms with Crippen LogP contribution in [0.1, 0.15) is 0 Å². The summed E-state index contributed by atoms with van der Waals surface area (Å²) in [4.78, 5) is 0. The average molecular weight is 194 g/mol. The zero-order chi connectivity index (χ0) is 10.2. The summed E-state index contributed by atoms with van der Waals surface area (Å²) < 4.78 is 4.67. The Morgan fingerprint density at radius 2 is 1.00 bits per heavy atom. The molecule has 0 radical (unpaired) electrons. The molecule has 0 heterocycles. The van der Waals surface area contributed by atoms with Crippen molar-refractivity contribution in [2.45, 2.75) is 36.6 Å². The second-order valence-electron chi connectivity index (χ2n) is 3.15. The van der Waals surface area contributed by atoms with E-state index in [2.05, 4.69) is 4.74 Å². The highest BCUT2D eigenvalue weighted by Crippen LogP contribution is 2.23. The quantitative estimate of drug-likeness (QED) is 0.301. The Hall–Kier alpha value is -0.240. The Morgan fingerprint density at radius 1 is 0.692 bits per heavy atom. The number of aliphatic hydroxyl groups is 5. The van der Waals surface area contributed by atoms with Crippen LogP contribution in [0.25, 0.3) is 0 Å². The van der Waals surface area contributed by atoms with Gasteiger partial charge in [0, 0.05) is 7.11 Å². The molecule has 0 aliphatic heterocycles. The van der Waals surface area contributed by atoms with Crippen molar-refractivity contribution in [1.29, 1.82) is 0 Å². The van der Waals surface area contributed by atoms with Crippen LogP contribution in [-0.2, 0) is 4.74 Å². The zero-order valence-corrected chi connectivity index (χ0v) is 7.11. The van der Waals surface area contributed by atoms with E-state index in [1.807, 2.05) is 0 Å². The van der Waals surface area contributed by atoms with E-state index >= 15 is 0 Å². The minimum atomic E-state index is -1.56. The van der Waals surface area contributed by atoms with E-state index in [0.717, 1.165) is 0 Å². The third-order valence-corrected chi connectivity index (χ3v) is 2.35. The molecule has 1 fully saturated rings. The van der Waals surface area contributed by atoms with Crippen molar-refractivity contribution in [3.63, 3.8) is 0 Å². The Morgan fingerprint density at radius 3 is 1.31 bits per heavy atom. The maximum atomic E-state index is 9.29. The van der Waals surface area contributed by atoms with Crippen molar-refractivity contribution < 1.29 is 30.3 Å². The molecule has 0 aromatic rings. The fraction of sp³-hybridized carbons (Fsp3) is 1.00. The fourth-order valence-corrected chi connectivity index (χ4v) is 1.48. The van der Waals surface area contributed by atoms with E-state index in [0.29, 0.717) is 0 Å². The molecule has 0 aromatic carbocycles. The summed E-state index contributed by atoms with van der Waals surface area (Å²) >= 11 is 0. The SMILES string of the molecule is COC1[C@@H](O)[C@H](O)C(O)[C@@H](O)[C@@H]1O. The Balaban J connectivity index is 2.79. The van der Waals surface area contributed by atoms with Gasteiger partial charge in [0.15, 0.2) is 0 Å². The molecule has 1 rings (SSSR count). The molecule has 0 spiro atoms. The van der Waals surface area contributed by atoms with E-state index in [-0.39, 0.29) is 0 Å². The summed E-state index contributed by atoms with van der Waals surface area (Å²) in [5.74, 6) is 0. The van der Waals surface area contributed by atoms with Gasteiger partial charge in [-0.25, -0.2) is 0 Å². The lowest BCUT2D eigenvalue weighted by Crippen LogP contribution is -2.64. The van der Waals surface area contributed by atoms with Gasteiger partial charge >= 0.3 is 0 Å². The first-order valence-corrected chi connectivity index (χ1v) is 3.93. The molecular weight excluding hydrogens is 180 g/mol. The third kappa shape index (κ3) is 1.69. The minimum absolute atomic E-state index is 1.09. The highest BCUT2D eigenvalue weighted by Gasteiger charge is 2.48. The molecule has 13 heavy (non-hydrogen) atoms. The second-order valence-corrected chi connectivity index (χ2v) is 3.15. The normalized spacial score (nSPS) is 52.2. The van der Waals surface area contributed by atoms with Crippen LogP contribution < -0.4 is 0 Å². The topological polar surface area (TPSA) is 110 Å². The van der Waals surface area contributed by atoms with Gasteiger partial charge in [0.25, 0.3) is 0 Å². The Labute approximate surface area is 75.0 Å². The van der Waals surface area contributed by atoms with E-state index < -0.39 is 36.6 Å². The lowest BCUT2D eigenvalue weighted by Gasteiger charge is -2.40. The van der Waals surface area contributed by atoms with Crippen LogP contribution in [0.4, 0.5) is 0 Å². The summed E-state index contributed by atoms with van der Waals surface area (Å²) in [6, 6.07) is 0. The van der Waals surface area contributed by atoms with Crippen LogP contribution in [0, 0.1) is 0 Å². The van der Waals surface area contributed by atoms with Crippen LogP contribution in [0.3, 0.4) is 0 Å². The van der Waals surface area contributed by atoms with Gasteiger partial charge in [-0.15, -0.1) is 0 Å². The zero-order valence-electron chi connectivity index (χ0n) is 7.11. The van der Waals surface area contributed by atoms with Gasteiger partial charge in [-0.1, -0.05) is 0 Å². The standard InChI is InChI=1S/C7H14O6/c1-13-7-5(11)3(9)2(8)4(10)6(7)12/h2-12H,1H3/t2?,3-,4-,5+,6+,7?/m1/s1. The van der Waals surface area contributed by atoms with Crippen molar-refractivity contribution in [3.8, 4) is 0 Å². The molecular formula is C7H14O6. The number of methoxy groups -OCH3 is 1. The van der Waals surface area contributed by atoms with Gasteiger partial charge in [0.05, 0.1) is 0 Å². The van der Waals surface area contributed by atoms with Crippen LogP contribution in [0.5, 0.6) is 0 Å². The van der Waals surface area contributed by atoms with E-state index in [1.165, 1.54) is 7.11 Å². The predicted octanol–water partition coefficient (Wildman–Crippen LogP) is -3.18. The van der Waals surface area contributed by atoms with Crippen molar-refractivity contribution in [2.75, 3.05) is 7.11 Å². The number of aliphatic hydroxyl groups excluding tert-OH is 5. The number of hydrogen-bond acceptors (Lipinski definition) is 6. The van der Waals surface area contributed by atoms with E-state index in [9.17, 15) is 20.4 Å². The summed E-state index contributed by atoms with van der Waals surface area (Å²) in [6.45, 7) is 0. The predicted molar refractivity (Wildman–Crippen MR) is 40.8 cm³/mol. The maximum absolute atomic E-state index is 9.29. The van der Waals surface area contributed by atoms with Crippen molar-refractivity contribution in [3.05, 3.63) is 0 Å². The van der Waals surface area contributed by atoms with Crippen molar-refractivity contribution in [2.24, 2.45) is 0 Å². The monoisotopic (exact) mass is 194 g/mol. The molecule has 5 N–H and O–H groups in total. The lowest BCUT2D eigenvalue weighted by molar-refractivity contribution is -0.229. The van der Waals surface area contributed by atoms with Crippen LogP contribution >= 0.6 is 0 Å². The second kappa shape index (κ2) is 3.87. The maximum Gasteiger partial charge on any atom is 0.114 e. The molecule has 6 heteroatoms. The first-order chi connectivity index (χ1) is 6.00. The first kappa shape index (κ1) is 10.8. The van der Waals surface area contributed by atoms with Gasteiger partial charge in [-0.3, -0.25) is 0 Å². The molecule has 0 bridgehead atoms. The van der Waals surface area contributed by atoms with Crippen LogP contribution in [0.2, 0.25) is 0 Å². The number of hydrogen-bond donors (Lipinski definition) is 5.